The molecule has 5 heteroatoms. The number of rotatable bonds is 6. The molecule has 1 atom stereocenters. The zero-order valence-electron chi connectivity index (χ0n) is 11.8. The van der Waals surface area contributed by atoms with Crippen molar-refractivity contribution in [3.05, 3.63) is 46.2 Å². The summed E-state index contributed by atoms with van der Waals surface area (Å²) in [6.07, 6.45) is 1.77. The first-order valence-corrected chi connectivity index (χ1v) is 8.53. The molecule has 2 N–H and O–H groups in total. The minimum absolute atomic E-state index is 0.122. The average Bonchev–Trinajstić information content (AvgIpc) is 2.73. The molecule has 0 saturated heterocycles. The third kappa shape index (κ3) is 3.87. The van der Waals surface area contributed by atoms with Crippen LogP contribution in [0.4, 0.5) is 0 Å². The molecule has 2 aromatic rings. The molecule has 3 nitrogen and oxygen atoms in total. The fraction of sp³-hybridized carbons (Fsp3) is 0.400. The summed E-state index contributed by atoms with van der Waals surface area (Å²) in [6, 6.07) is 10.5. The van der Waals surface area contributed by atoms with Gasteiger partial charge in [-0.2, -0.15) is 5.10 Å². The van der Waals surface area contributed by atoms with Gasteiger partial charge in [0.2, 0.25) is 0 Å². The lowest BCUT2D eigenvalue weighted by molar-refractivity contribution is 0.649. The Morgan fingerprint density at radius 2 is 2.05 bits per heavy atom. The van der Waals surface area contributed by atoms with E-state index < -0.39 is 0 Å². The molecule has 1 aromatic heterocycles. The molecule has 0 fully saturated rings. The number of hydrogen-bond donors (Lipinski definition) is 1. The Kier molecular flexibility index (Phi) is 5.69. The van der Waals surface area contributed by atoms with E-state index in [-0.39, 0.29) is 6.04 Å². The van der Waals surface area contributed by atoms with Crippen LogP contribution >= 0.6 is 27.7 Å². The summed E-state index contributed by atoms with van der Waals surface area (Å²) in [5.74, 6) is 0.906. The van der Waals surface area contributed by atoms with Crippen LogP contribution in [0.15, 0.2) is 39.7 Å². The van der Waals surface area contributed by atoms with Gasteiger partial charge in [-0.25, -0.2) is 0 Å². The average molecular weight is 354 g/mol. The van der Waals surface area contributed by atoms with Crippen LogP contribution in [0.5, 0.6) is 0 Å². The Morgan fingerprint density at radius 3 is 2.65 bits per heavy atom. The van der Waals surface area contributed by atoms with E-state index in [4.69, 9.17) is 5.73 Å². The Bertz CT molecular complexity index is 554. The maximum atomic E-state index is 6.26. The maximum Gasteiger partial charge on any atom is 0.0766 e. The lowest BCUT2D eigenvalue weighted by Gasteiger charge is -2.12. The molecule has 1 aromatic carbocycles. The van der Waals surface area contributed by atoms with Gasteiger partial charge >= 0.3 is 0 Å². The fourth-order valence-electron chi connectivity index (χ4n) is 2.07. The normalized spacial score (nSPS) is 12.6. The SMILES string of the molecule is CCc1nn(C)c(CC(N)CSc2ccccc2)c1Br. The van der Waals surface area contributed by atoms with Gasteiger partial charge in [0.1, 0.15) is 0 Å². The van der Waals surface area contributed by atoms with E-state index >= 15 is 0 Å². The molecule has 1 heterocycles. The molecule has 1 unspecified atom stereocenters. The number of nitrogens with zero attached hydrogens (tertiary/aromatic N) is 2. The van der Waals surface area contributed by atoms with Crippen molar-refractivity contribution < 1.29 is 0 Å². The molecular weight excluding hydrogens is 334 g/mol. The van der Waals surface area contributed by atoms with Crippen LogP contribution in [0.25, 0.3) is 0 Å². The summed E-state index contributed by atoms with van der Waals surface area (Å²) in [4.78, 5) is 1.27. The number of benzene rings is 1. The van der Waals surface area contributed by atoms with Gasteiger partial charge in [0.05, 0.1) is 15.9 Å². The predicted molar refractivity (Wildman–Crippen MR) is 89.1 cm³/mol. The van der Waals surface area contributed by atoms with Crippen LogP contribution in [0, 0.1) is 0 Å². The number of thioether (sulfide) groups is 1. The third-order valence-electron chi connectivity index (χ3n) is 3.17. The Balaban J connectivity index is 1.95. The van der Waals surface area contributed by atoms with E-state index in [1.54, 1.807) is 11.8 Å². The topological polar surface area (TPSA) is 43.8 Å². The van der Waals surface area contributed by atoms with Gasteiger partial charge in [-0.15, -0.1) is 11.8 Å². The van der Waals surface area contributed by atoms with Crippen LogP contribution in [0.1, 0.15) is 18.3 Å². The Morgan fingerprint density at radius 1 is 1.35 bits per heavy atom. The number of aromatic nitrogens is 2. The van der Waals surface area contributed by atoms with Gasteiger partial charge < -0.3 is 5.73 Å². The molecule has 2 rings (SSSR count). The van der Waals surface area contributed by atoms with Gasteiger partial charge in [0.15, 0.2) is 0 Å². The first-order valence-electron chi connectivity index (χ1n) is 6.75. The molecule has 20 heavy (non-hydrogen) atoms. The predicted octanol–water partition coefficient (Wildman–Crippen LogP) is 3.41. The van der Waals surface area contributed by atoms with Crippen molar-refractivity contribution in [1.29, 1.82) is 0 Å². The molecule has 108 valence electrons. The first kappa shape index (κ1) is 15.6. The van der Waals surface area contributed by atoms with Crippen molar-refractivity contribution in [2.75, 3.05) is 5.75 Å². The lowest BCUT2D eigenvalue weighted by atomic mass is 10.2. The van der Waals surface area contributed by atoms with Crippen LogP contribution in [0.2, 0.25) is 0 Å². The van der Waals surface area contributed by atoms with E-state index in [0.717, 1.165) is 28.8 Å². The quantitative estimate of drug-likeness (QED) is 0.809. The van der Waals surface area contributed by atoms with Crippen LogP contribution < -0.4 is 5.73 Å². The van der Waals surface area contributed by atoms with Crippen molar-refractivity contribution >= 4 is 27.7 Å². The molecule has 0 saturated carbocycles. The van der Waals surface area contributed by atoms with Crippen molar-refractivity contribution in [1.82, 2.24) is 9.78 Å². The third-order valence-corrected chi connectivity index (χ3v) is 5.28. The molecule has 0 bridgehead atoms. The summed E-state index contributed by atoms with van der Waals surface area (Å²) < 4.78 is 3.05. The van der Waals surface area contributed by atoms with Crippen molar-refractivity contribution in [2.24, 2.45) is 12.8 Å². The second-order valence-corrected chi connectivity index (χ2v) is 6.66. The van der Waals surface area contributed by atoms with E-state index in [2.05, 4.69) is 52.2 Å². The largest absolute Gasteiger partial charge is 0.327 e. The lowest BCUT2D eigenvalue weighted by Crippen LogP contribution is -2.26. The zero-order valence-corrected chi connectivity index (χ0v) is 14.2. The van der Waals surface area contributed by atoms with E-state index in [1.165, 1.54) is 10.6 Å². The molecule has 0 aliphatic heterocycles. The smallest absolute Gasteiger partial charge is 0.0766 e. The number of aryl methyl sites for hydroxylation is 2. The highest BCUT2D eigenvalue weighted by Crippen LogP contribution is 2.24. The molecule has 0 aliphatic carbocycles. The van der Waals surface area contributed by atoms with Gasteiger partial charge in [0, 0.05) is 30.2 Å². The van der Waals surface area contributed by atoms with Crippen LogP contribution in [0.3, 0.4) is 0 Å². The summed E-state index contributed by atoms with van der Waals surface area (Å²) >= 11 is 5.44. The van der Waals surface area contributed by atoms with Crippen molar-refractivity contribution in [2.45, 2.75) is 30.7 Å². The highest BCUT2D eigenvalue weighted by Gasteiger charge is 2.15. The minimum atomic E-state index is 0.122. The van der Waals surface area contributed by atoms with Gasteiger partial charge in [0.25, 0.3) is 0 Å². The standard InChI is InChI=1S/C15H20BrN3S/c1-3-13-15(16)14(19(2)18-13)9-11(17)10-20-12-7-5-4-6-8-12/h4-8,11H,3,9-10,17H2,1-2H3. The highest BCUT2D eigenvalue weighted by molar-refractivity contribution is 9.10. The molecule has 0 aliphatic rings. The molecule has 0 amide bonds. The fourth-order valence-corrected chi connectivity index (χ4v) is 3.72. The number of nitrogens with two attached hydrogens (primary N) is 1. The molecule has 0 spiro atoms. The van der Waals surface area contributed by atoms with E-state index in [0.29, 0.717) is 0 Å². The highest BCUT2D eigenvalue weighted by atomic mass is 79.9. The second kappa shape index (κ2) is 7.29. The first-order chi connectivity index (χ1) is 9.61. The van der Waals surface area contributed by atoms with Gasteiger partial charge in [-0.1, -0.05) is 25.1 Å². The second-order valence-electron chi connectivity index (χ2n) is 4.77. The van der Waals surface area contributed by atoms with Crippen molar-refractivity contribution in [3.63, 3.8) is 0 Å². The maximum absolute atomic E-state index is 6.26. The molecule has 0 radical (unpaired) electrons. The van der Waals surface area contributed by atoms with E-state index in [1.807, 2.05) is 17.8 Å². The monoisotopic (exact) mass is 353 g/mol. The van der Waals surface area contributed by atoms with Crippen LogP contribution in [-0.4, -0.2) is 21.6 Å². The van der Waals surface area contributed by atoms with Crippen molar-refractivity contribution in [3.8, 4) is 0 Å². The van der Waals surface area contributed by atoms with E-state index in [9.17, 15) is 0 Å². The Labute approximate surface area is 133 Å². The van der Waals surface area contributed by atoms with Gasteiger partial charge in [-0.05, 0) is 34.5 Å². The Hall–Kier alpha value is -0.780. The number of hydrogen-bond acceptors (Lipinski definition) is 3. The summed E-state index contributed by atoms with van der Waals surface area (Å²) in [7, 11) is 1.98. The minimum Gasteiger partial charge on any atom is -0.327 e. The summed E-state index contributed by atoms with van der Waals surface area (Å²) in [6.45, 7) is 2.11. The van der Waals surface area contributed by atoms with Gasteiger partial charge in [-0.3, -0.25) is 4.68 Å². The van der Waals surface area contributed by atoms with Crippen LogP contribution in [-0.2, 0) is 19.9 Å². The summed E-state index contributed by atoms with van der Waals surface area (Å²) in [5, 5.41) is 4.51. The number of halogens is 1. The zero-order chi connectivity index (χ0) is 14.5. The summed E-state index contributed by atoms with van der Waals surface area (Å²) in [5.41, 5.74) is 8.54. The molecular formula is C15H20BrN3S.